The lowest BCUT2D eigenvalue weighted by Crippen LogP contribution is -2.06. The number of hydrogen-bond donors (Lipinski definition) is 2. The molecule has 2 aromatic rings. The van der Waals surface area contributed by atoms with E-state index in [1.54, 1.807) is 0 Å². The minimum absolute atomic E-state index is 0.0138. The largest absolute Gasteiger partial charge is 0.502 e. The molecule has 6 heteroatoms. The van der Waals surface area contributed by atoms with Gasteiger partial charge in [-0.05, 0) is 0 Å². The Hall–Kier alpha value is -2.24. The second kappa shape index (κ2) is 1.82. The van der Waals surface area contributed by atoms with Crippen molar-refractivity contribution in [2.75, 3.05) is 0 Å². The quantitative estimate of drug-likeness (QED) is 0.652. The lowest BCUT2D eigenvalue weighted by atomic mass is 10.1. The number of phenolic OH excluding ortho intramolecular Hbond substituents is 1. The minimum atomic E-state index is -1.32. The Morgan fingerprint density at radius 3 is 2.64 bits per heavy atom. The molecular formula is C8H2O6. The van der Waals surface area contributed by atoms with Gasteiger partial charge in [-0.2, -0.15) is 0 Å². The molecule has 0 radical (unpaired) electrons. The lowest BCUT2D eigenvalue weighted by Gasteiger charge is -1.90. The number of phenols is 1. The Morgan fingerprint density at radius 2 is 2.00 bits per heavy atom. The topological polar surface area (TPSA) is 97.0 Å². The van der Waals surface area contributed by atoms with E-state index < -0.39 is 17.7 Å². The number of esters is 1. The third-order valence-electron chi connectivity index (χ3n) is 2.16. The molecule has 0 spiro atoms. The molecule has 0 amide bonds. The zero-order valence-electron chi connectivity index (χ0n) is 6.53. The zero-order valence-corrected chi connectivity index (χ0v) is 6.53. The smallest absolute Gasteiger partial charge is 0.348 e. The summed E-state index contributed by atoms with van der Waals surface area (Å²) in [6, 6.07) is 0. The fraction of sp³-hybridized carbons (Fsp3) is 0. The summed E-state index contributed by atoms with van der Waals surface area (Å²) in [7, 11) is 0. The molecule has 3 rings (SSSR count). The van der Waals surface area contributed by atoms with Gasteiger partial charge in [-0.3, -0.25) is 0 Å². The van der Waals surface area contributed by atoms with Gasteiger partial charge in [0.2, 0.25) is 11.5 Å². The molecule has 0 aromatic carbocycles. The molecule has 0 saturated carbocycles. The third-order valence-corrected chi connectivity index (χ3v) is 2.16. The van der Waals surface area contributed by atoms with Crippen LogP contribution in [0.2, 0.25) is 0 Å². The number of aromatic carboxylic acids is 1. The Morgan fingerprint density at radius 1 is 1.29 bits per heavy atom. The van der Waals surface area contributed by atoms with Gasteiger partial charge >= 0.3 is 11.9 Å². The number of rotatable bonds is 1. The van der Waals surface area contributed by atoms with Crippen molar-refractivity contribution < 1.29 is 29.0 Å². The molecule has 1 aliphatic heterocycles. The predicted molar refractivity (Wildman–Crippen MR) is 41.0 cm³/mol. The molecule has 14 heavy (non-hydrogen) atoms. The van der Waals surface area contributed by atoms with Crippen molar-refractivity contribution in [2.45, 2.75) is 0 Å². The molecule has 70 valence electrons. The maximum absolute atomic E-state index is 11.2. The summed E-state index contributed by atoms with van der Waals surface area (Å²) in [5.74, 6) is -2.63. The van der Waals surface area contributed by atoms with Crippen LogP contribution in [0.4, 0.5) is 0 Å². The number of hydrogen-bond acceptors (Lipinski definition) is 5. The average molecular weight is 194 g/mol. The molecular weight excluding hydrogens is 192 g/mol. The Labute approximate surface area is 75.6 Å². The van der Waals surface area contributed by atoms with Gasteiger partial charge < -0.3 is 19.4 Å². The van der Waals surface area contributed by atoms with Crippen LogP contribution in [-0.4, -0.2) is 22.2 Å². The first kappa shape index (κ1) is 7.19. The number of carboxylic acid groups (broad SMARTS) is 1. The van der Waals surface area contributed by atoms with Gasteiger partial charge in [-0.25, -0.2) is 9.59 Å². The van der Waals surface area contributed by atoms with Crippen LogP contribution in [0.5, 0.6) is 11.5 Å². The number of carboxylic acids is 1. The van der Waals surface area contributed by atoms with Crippen LogP contribution >= 0.6 is 0 Å². The SMILES string of the molecule is O=C(O)c1c2c3oc1c(O)c3OC2=O. The van der Waals surface area contributed by atoms with Gasteiger partial charge in [0.05, 0.1) is 0 Å². The number of benzene rings is 1. The summed E-state index contributed by atoms with van der Waals surface area (Å²) in [4.78, 5) is 21.9. The maximum atomic E-state index is 11.2. The number of ether oxygens (including phenoxy) is 1. The maximum Gasteiger partial charge on any atom is 0.348 e. The predicted octanol–water partition coefficient (Wildman–Crippen LogP) is 0.807. The van der Waals surface area contributed by atoms with Crippen molar-refractivity contribution in [1.29, 1.82) is 0 Å². The van der Waals surface area contributed by atoms with E-state index in [0.717, 1.165) is 0 Å². The molecule has 2 aromatic heterocycles. The first-order chi connectivity index (χ1) is 6.61. The number of aromatic hydroxyl groups is 1. The van der Waals surface area contributed by atoms with Crippen LogP contribution in [0.1, 0.15) is 20.7 Å². The summed E-state index contributed by atoms with van der Waals surface area (Å²) in [6.07, 6.45) is 0. The molecule has 1 aliphatic rings. The first-order valence-electron chi connectivity index (χ1n) is 3.67. The van der Waals surface area contributed by atoms with E-state index in [1.165, 1.54) is 0 Å². The second-order valence-electron chi connectivity index (χ2n) is 2.88. The van der Waals surface area contributed by atoms with Crippen LogP contribution in [0.15, 0.2) is 4.42 Å². The molecule has 0 aliphatic carbocycles. The van der Waals surface area contributed by atoms with Crippen LogP contribution in [0.3, 0.4) is 0 Å². The fourth-order valence-corrected chi connectivity index (χ4v) is 1.61. The summed E-state index contributed by atoms with van der Waals surface area (Å²) < 4.78 is 9.54. The van der Waals surface area contributed by atoms with Crippen molar-refractivity contribution in [2.24, 2.45) is 0 Å². The van der Waals surface area contributed by atoms with E-state index in [9.17, 15) is 14.7 Å². The van der Waals surface area contributed by atoms with Gasteiger partial charge in [-0.1, -0.05) is 0 Å². The van der Waals surface area contributed by atoms with Crippen molar-refractivity contribution in [3.8, 4) is 11.5 Å². The Kier molecular flexibility index (Phi) is 0.933. The van der Waals surface area contributed by atoms with Gasteiger partial charge in [0.1, 0.15) is 11.1 Å². The van der Waals surface area contributed by atoms with Gasteiger partial charge in [0, 0.05) is 0 Å². The summed E-state index contributed by atoms with van der Waals surface area (Å²) in [6.45, 7) is 0. The molecule has 0 saturated heterocycles. The third kappa shape index (κ3) is 0.525. The van der Waals surface area contributed by atoms with Crippen molar-refractivity contribution in [3.05, 3.63) is 11.1 Å². The van der Waals surface area contributed by atoms with E-state index in [1.807, 2.05) is 0 Å². The molecule has 0 fully saturated rings. The van der Waals surface area contributed by atoms with Crippen LogP contribution in [0.25, 0.3) is 11.2 Å². The monoisotopic (exact) mass is 194 g/mol. The highest BCUT2D eigenvalue weighted by molar-refractivity contribution is 6.19. The van der Waals surface area contributed by atoms with Crippen molar-refractivity contribution >= 4 is 23.1 Å². The molecule has 2 N–H and O–H groups in total. The van der Waals surface area contributed by atoms with E-state index in [0.29, 0.717) is 0 Å². The lowest BCUT2D eigenvalue weighted by molar-refractivity contribution is 0.0679. The number of fused-ring (bicyclic) bond motifs is 1. The zero-order chi connectivity index (χ0) is 10.0. The number of carbonyl (C=O) groups excluding carboxylic acids is 1. The van der Waals surface area contributed by atoms with Gasteiger partial charge in [0.25, 0.3) is 0 Å². The highest BCUT2D eigenvalue weighted by Crippen LogP contribution is 2.50. The van der Waals surface area contributed by atoms with E-state index >= 15 is 0 Å². The van der Waals surface area contributed by atoms with Crippen molar-refractivity contribution in [1.82, 2.24) is 0 Å². The van der Waals surface area contributed by atoms with E-state index in [4.69, 9.17) is 9.52 Å². The molecule has 2 bridgehead atoms. The number of carbonyl (C=O) groups is 2. The first-order valence-corrected chi connectivity index (χ1v) is 3.67. The summed E-state index contributed by atoms with van der Waals surface area (Å²) >= 11 is 0. The molecule has 6 nitrogen and oxygen atoms in total. The van der Waals surface area contributed by atoms with E-state index in [-0.39, 0.29) is 28.0 Å². The second-order valence-corrected chi connectivity index (χ2v) is 2.88. The van der Waals surface area contributed by atoms with Crippen LogP contribution in [0, 0.1) is 0 Å². The van der Waals surface area contributed by atoms with Crippen molar-refractivity contribution in [3.63, 3.8) is 0 Å². The number of furan rings is 2. The Balaban J connectivity index is 2.52. The van der Waals surface area contributed by atoms with Gasteiger partial charge in [-0.15, -0.1) is 0 Å². The van der Waals surface area contributed by atoms with Crippen LogP contribution in [-0.2, 0) is 0 Å². The summed E-state index contributed by atoms with van der Waals surface area (Å²) in [5, 5.41) is 18.1. The molecule has 3 heterocycles. The molecule has 0 unspecified atom stereocenters. The average Bonchev–Trinajstić information content (AvgIpc) is 2.67. The minimum Gasteiger partial charge on any atom is -0.502 e. The Bertz CT molecular complexity index is 578. The highest BCUT2D eigenvalue weighted by atomic mass is 16.6. The van der Waals surface area contributed by atoms with Gasteiger partial charge in [0.15, 0.2) is 11.2 Å². The highest BCUT2D eigenvalue weighted by Gasteiger charge is 2.41. The summed E-state index contributed by atoms with van der Waals surface area (Å²) in [5.41, 5.74) is -0.632. The van der Waals surface area contributed by atoms with E-state index in [2.05, 4.69) is 4.74 Å². The van der Waals surface area contributed by atoms with Crippen LogP contribution < -0.4 is 4.74 Å². The fourth-order valence-electron chi connectivity index (χ4n) is 1.61. The molecule has 0 atom stereocenters. The standard InChI is InChI=1S/C8H2O6/c9-3-4-1(7(10)11)2-5(13-4)6(3)14-8(2)12/h9H,(H,10,11). The normalized spacial score (nSPS) is 13.9.